The van der Waals surface area contributed by atoms with Crippen LogP contribution < -0.4 is 0 Å². The van der Waals surface area contributed by atoms with Crippen molar-refractivity contribution in [3.63, 3.8) is 0 Å². The molecule has 15 heavy (non-hydrogen) atoms. The predicted molar refractivity (Wildman–Crippen MR) is 54.9 cm³/mol. The summed E-state index contributed by atoms with van der Waals surface area (Å²) in [4.78, 5) is 10.8. The number of carbonyl (C=O) groups is 1. The first-order chi connectivity index (χ1) is 6.91. The molecule has 0 saturated carbocycles. The fourth-order valence-corrected chi connectivity index (χ4v) is 1.86. The van der Waals surface area contributed by atoms with Gasteiger partial charge in [0.25, 0.3) is 9.24 Å². The van der Waals surface area contributed by atoms with Crippen molar-refractivity contribution in [1.29, 1.82) is 0 Å². The van der Waals surface area contributed by atoms with Crippen molar-refractivity contribution in [3.8, 4) is 0 Å². The van der Waals surface area contributed by atoms with Crippen LogP contribution >= 0.6 is 10.7 Å². The second-order valence-electron chi connectivity index (χ2n) is 2.66. The largest absolute Gasteiger partial charge is 0.469 e. The lowest BCUT2D eigenvalue weighted by molar-refractivity contribution is -0.140. The molecule has 0 saturated heterocycles. The Kier molecular flexibility index (Phi) is 6.82. The number of methoxy groups -OCH3 is 2. The van der Waals surface area contributed by atoms with E-state index in [4.69, 9.17) is 15.4 Å². The highest BCUT2D eigenvalue weighted by atomic mass is 35.7. The molecular weight excluding hydrogens is 246 g/mol. The van der Waals surface area contributed by atoms with Crippen LogP contribution in [0.25, 0.3) is 0 Å². The lowest BCUT2D eigenvalue weighted by Gasteiger charge is -2.16. The molecule has 0 fully saturated rings. The second kappa shape index (κ2) is 7.00. The van der Waals surface area contributed by atoms with Crippen molar-refractivity contribution in [2.45, 2.75) is 6.42 Å². The van der Waals surface area contributed by atoms with Crippen LogP contribution in [-0.4, -0.2) is 52.6 Å². The molecule has 0 aliphatic heterocycles. The van der Waals surface area contributed by atoms with E-state index in [1.165, 1.54) is 14.2 Å². The first-order valence-corrected chi connectivity index (χ1v) is 6.44. The molecule has 0 rings (SSSR count). The van der Waals surface area contributed by atoms with Crippen molar-refractivity contribution in [2.24, 2.45) is 0 Å². The van der Waals surface area contributed by atoms with Gasteiger partial charge in [-0.3, -0.25) is 4.79 Å². The molecule has 0 radical (unpaired) electrons. The maximum atomic E-state index is 11.0. The van der Waals surface area contributed by atoms with Crippen molar-refractivity contribution < 1.29 is 22.7 Å². The zero-order valence-corrected chi connectivity index (χ0v) is 10.2. The molecule has 0 aliphatic rings. The van der Waals surface area contributed by atoms with Crippen molar-refractivity contribution >= 4 is 25.9 Å². The summed E-state index contributed by atoms with van der Waals surface area (Å²) in [7, 11) is 4.01. The van der Waals surface area contributed by atoms with Crippen LogP contribution in [0.1, 0.15) is 6.42 Å². The Bertz CT molecular complexity index is 292. The SMILES string of the molecule is COCCN(CCC(=O)OC)S(=O)(=O)Cl. The van der Waals surface area contributed by atoms with E-state index in [-0.39, 0.29) is 26.1 Å². The van der Waals surface area contributed by atoms with Gasteiger partial charge in [0.05, 0.1) is 20.1 Å². The zero-order valence-electron chi connectivity index (χ0n) is 8.60. The number of carbonyl (C=O) groups excluding carboxylic acids is 1. The van der Waals surface area contributed by atoms with E-state index in [1.807, 2.05) is 0 Å². The summed E-state index contributed by atoms with van der Waals surface area (Å²) in [5.41, 5.74) is 0. The lowest BCUT2D eigenvalue weighted by atomic mass is 10.4. The quantitative estimate of drug-likeness (QED) is 0.475. The average Bonchev–Trinajstić information content (AvgIpc) is 2.15. The minimum absolute atomic E-state index is 0.0120. The van der Waals surface area contributed by atoms with Gasteiger partial charge in [-0.2, -0.15) is 12.7 Å². The van der Waals surface area contributed by atoms with Gasteiger partial charge in [0.2, 0.25) is 0 Å². The van der Waals surface area contributed by atoms with Crippen LogP contribution in [0.3, 0.4) is 0 Å². The third-order valence-corrected chi connectivity index (χ3v) is 3.21. The normalized spacial score (nSPS) is 11.7. The third-order valence-electron chi connectivity index (χ3n) is 1.65. The van der Waals surface area contributed by atoms with Crippen LogP contribution in [0.5, 0.6) is 0 Å². The van der Waals surface area contributed by atoms with Gasteiger partial charge in [-0.05, 0) is 0 Å². The first-order valence-electron chi connectivity index (χ1n) is 4.17. The Morgan fingerprint density at radius 1 is 1.33 bits per heavy atom. The molecule has 0 N–H and O–H groups in total. The number of nitrogens with zero attached hydrogens (tertiary/aromatic N) is 1. The zero-order chi connectivity index (χ0) is 11.9. The molecular formula is C7H14ClNO5S. The Balaban J connectivity index is 4.20. The monoisotopic (exact) mass is 259 g/mol. The van der Waals surface area contributed by atoms with Crippen molar-refractivity contribution in [2.75, 3.05) is 33.9 Å². The third kappa shape index (κ3) is 6.67. The molecule has 0 atom stereocenters. The van der Waals surface area contributed by atoms with Gasteiger partial charge < -0.3 is 9.47 Å². The predicted octanol–water partition coefficient (Wildman–Crippen LogP) is -0.0185. The minimum Gasteiger partial charge on any atom is -0.469 e. The highest BCUT2D eigenvalue weighted by Crippen LogP contribution is 2.07. The molecule has 0 aliphatic carbocycles. The topological polar surface area (TPSA) is 72.9 Å². The maximum absolute atomic E-state index is 11.0. The summed E-state index contributed by atoms with van der Waals surface area (Å²) < 4.78 is 32.1. The Morgan fingerprint density at radius 3 is 2.33 bits per heavy atom. The fourth-order valence-electron chi connectivity index (χ4n) is 0.841. The summed E-state index contributed by atoms with van der Waals surface area (Å²) >= 11 is 0. The van der Waals surface area contributed by atoms with Crippen LogP contribution in [-0.2, 0) is 23.5 Å². The van der Waals surface area contributed by atoms with E-state index in [1.54, 1.807) is 0 Å². The molecule has 0 aromatic rings. The number of esters is 1. The van der Waals surface area contributed by atoms with Crippen LogP contribution in [0.4, 0.5) is 0 Å². The highest BCUT2D eigenvalue weighted by Gasteiger charge is 2.19. The van der Waals surface area contributed by atoms with E-state index in [2.05, 4.69) is 4.74 Å². The number of ether oxygens (including phenoxy) is 2. The number of hydrogen-bond acceptors (Lipinski definition) is 5. The Hall–Kier alpha value is -0.370. The molecule has 0 aromatic carbocycles. The standard InChI is InChI=1S/C7H14ClNO5S/c1-13-6-5-9(15(8,11)12)4-3-7(10)14-2/h3-6H2,1-2H3. The highest BCUT2D eigenvalue weighted by molar-refractivity contribution is 8.11. The van der Waals surface area contributed by atoms with Crippen LogP contribution in [0, 0.1) is 0 Å². The number of hydrogen-bond donors (Lipinski definition) is 0. The number of halogens is 1. The summed E-state index contributed by atoms with van der Waals surface area (Å²) in [6, 6.07) is 0. The molecule has 0 spiro atoms. The first kappa shape index (κ1) is 14.6. The van der Waals surface area contributed by atoms with E-state index in [9.17, 15) is 13.2 Å². The summed E-state index contributed by atoms with van der Waals surface area (Å²) in [5.74, 6) is -0.488. The molecule has 0 aromatic heterocycles. The van der Waals surface area contributed by atoms with E-state index in [0.717, 1.165) is 4.31 Å². The molecule has 0 heterocycles. The summed E-state index contributed by atoms with van der Waals surface area (Å²) in [6.07, 6.45) is -0.0356. The number of rotatable bonds is 7. The van der Waals surface area contributed by atoms with Gasteiger partial charge in [0, 0.05) is 30.9 Å². The molecule has 90 valence electrons. The smallest absolute Gasteiger partial charge is 0.306 e. The van der Waals surface area contributed by atoms with Gasteiger partial charge in [-0.1, -0.05) is 0 Å². The maximum Gasteiger partial charge on any atom is 0.306 e. The lowest BCUT2D eigenvalue weighted by Crippen LogP contribution is -2.32. The van der Waals surface area contributed by atoms with Gasteiger partial charge in [-0.25, -0.2) is 0 Å². The molecule has 8 heteroatoms. The summed E-state index contributed by atoms with van der Waals surface area (Å²) in [6.45, 7) is 0.314. The molecule has 0 amide bonds. The summed E-state index contributed by atoms with van der Waals surface area (Å²) in [5, 5.41) is 0. The van der Waals surface area contributed by atoms with Crippen LogP contribution in [0.2, 0.25) is 0 Å². The molecule has 0 unspecified atom stereocenters. The Morgan fingerprint density at radius 2 is 1.93 bits per heavy atom. The van der Waals surface area contributed by atoms with Gasteiger partial charge >= 0.3 is 5.97 Å². The fraction of sp³-hybridized carbons (Fsp3) is 0.857. The van der Waals surface area contributed by atoms with Gasteiger partial charge in [-0.15, -0.1) is 0 Å². The van der Waals surface area contributed by atoms with E-state index >= 15 is 0 Å². The van der Waals surface area contributed by atoms with Gasteiger partial charge in [0.15, 0.2) is 0 Å². The average molecular weight is 260 g/mol. The Labute approximate surface area is 93.6 Å². The van der Waals surface area contributed by atoms with Crippen molar-refractivity contribution in [3.05, 3.63) is 0 Å². The molecule has 6 nitrogen and oxygen atoms in total. The van der Waals surface area contributed by atoms with E-state index < -0.39 is 15.2 Å². The van der Waals surface area contributed by atoms with Crippen molar-refractivity contribution in [1.82, 2.24) is 4.31 Å². The second-order valence-corrected chi connectivity index (χ2v) is 5.17. The minimum atomic E-state index is -3.82. The van der Waals surface area contributed by atoms with E-state index in [0.29, 0.717) is 0 Å². The molecule has 0 bridgehead atoms. The van der Waals surface area contributed by atoms with Crippen LogP contribution in [0.15, 0.2) is 0 Å². The van der Waals surface area contributed by atoms with Gasteiger partial charge in [0.1, 0.15) is 0 Å².